The molecule has 0 saturated carbocycles. The van der Waals surface area contributed by atoms with Gasteiger partial charge in [-0.3, -0.25) is 9.59 Å². The van der Waals surface area contributed by atoms with E-state index < -0.39 is 0 Å². The molecule has 0 aromatic heterocycles. The van der Waals surface area contributed by atoms with Crippen molar-refractivity contribution in [2.24, 2.45) is 0 Å². The Kier molecular flexibility index (Phi) is 6.75. The molecule has 1 heterocycles. The molecule has 1 aliphatic heterocycles. The van der Waals surface area contributed by atoms with Crippen molar-refractivity contribution in [2.45, 2.75) is 20.3 Å². The lowest BCUT2D eigenvalue weighted by Gasteiger charge is -2.34. The van der Waals surface area contributed by atoms with Crippen LogP contribution < -0.4 is 9.47 Å². The number of ether oxygens (including phenoxy) is 2. The number of nitrogens with zero attached hydrogens (tertiary/aromatic N) is 2. The van der Waals surface area contributed by atoms with Crippen molar-refractivity contribution < 1.29 is 19.1 Å². The third-order valence-corrected chi connectivity index (χ3v) is 5.17. The van der Waals surface area contributed by atoms with E-state index in [0.717, 1.165) is 28.2 Å². The SMILES string of the molecule is COc1cccc(CC(=O)N2CCN(C(=O)COc3cc(C)ccc3C)CC2)c1. The maximum Gasteiger partial charge on any atom is 0.260 e. The summed E-state index contributed by atoms with van der Waals surface area (Å²) in [5, 5.41) is 0. The first-order valence-electron chi connectivity index (χ1n) is 9.85. The summed E-state index contributed by atoms with van der Waals surface area (Å²) < 4.78 is 10.9. The summed E-state index contributed by atoms with van der Waals surface area (Å²) in [6.07, 6.45) is 0.334. The summed E-state index contributed by atoms with van der Waals surface area (Å²) in [7, 11) is 1.61. The average molecular weight is 396 g/mol. The van der Waals surface area contributed by atoms with Crippen LogP contribution in [0.15, 0.2) is 42.5 Å². The highest BCUT2D eigenvalue weighted by Crippen LogP contribution is 2.19. The second-order valence-electron chi connectivity index (χ2n) is 7.35. The van der Waals surface area contributed by atoms with Crippen LogP contribution in [0.5, 0.6) is 11.5 Å². The third-order valence-electron chi connectivity index (χ3n) is 5.17. The summed E-state index contributed by atoms with van der Waals surface area (Å²) in [6.45, 7) is 6.11. The molecule has 3 rings (SSSR count). The van der Waals surface area contributed by atoms with E-state index >= 15 is 0 Å². The molecular formula is C23H28N2O4. The van der Waals surface area contributed by atoms with Gasteiger partial charge < -0.3 is 19.3 Å². The normalized spacial score (nSPS) is 13.9. The first-order chi connectivity index (χ1) is 14.0. The zero-order valence-electron chi connectivity index (χ0n) is 17.3. The third kappa shape index (κ3) is 5.50. The Morgan fingerprint density at radius 2 is 1.62 bits per heavy atom. The van der Waals surface area contributed by atoms with Gasteiger partial charge >= 0.3 is 0 Å². The van der Waals surface area contributed by atoms with Crippen molar-refractivity contribution in [2.75, 3.05) is 39.9 Å². The maximum atomic E-state index is 12.6. The van der Waals surface area contributed by atoms with E-state index in [1.807, 2.05) is 61.2 Å². The predicted octanol–water partition coefficient (Wildman–Crippen LogP) is 2.60. The molecular weight excluding hydrogens is 368 g/mol. The van der Waals surface area contributed by atoms with Crippen LogP contribution in [-0.2, 0) is 16.0 Å². The molecule has 2 aromatic rings. The maximum absolute atomic E-state index is 12.6. The van der Waals surface area contributed by atoms with E-state index in [1.54, 1.807) is 12.0 Å². The molecule has 2 amide bonds. The summed E-state index contributed by atoms with van der Waals surface area (Å²) in [5.41, 5.74) is 3.03. The van der Waals surface area contributed by atoms with E-state index in [1.165, 1.54) is 0 Å². The van der Waals surface area contributed by atoms with Gasteiger partial charge in [0.25, 0.3) is 5.91 Å². The Morgan fingerprint density at radius 3 is 2.31 bits per heavy atom. The number of rotatable bonds is 6. The molecule has 0 unspecified atom stereocenters. The predicted molar refractivity (Wildman–Crippen MR) is 111 cm³/mol. The molecule has 0 aliphatic carbocycles. The summed E-state index contributed by atoms with van der Waals surface area (Å²) in [6, 6.07) is 13.5. The highest BCUT2D eigenvalue weighted by Gasteiger charge is 2.24. The number of carbonyl (C=O) groups is 2. The molecule has 0 spiro atoms. The molecule has 6 heteroatoms. The van der Waals surface area contributed by atoms with Crippen molar-refractivity contribution in [1.29, 1.82) is 0 Å². The minimum atomic E-state index is -0.0502. The minimum absolute atomic E-state index is 0.0159. The fourth-order valence-corrected chi connectivity index (χ4v) is 3.37. The summed E-state index contributed by atoms with van der Waals surface area (Å²) >= 11 is 0. The van der Waals surface area contributed by atoms with Gasteiger partial charge in [0.05, 0.1) is 13.5 Å². The molecule has 1 saturated heterocycles. The number of aryl methyl sites for hydroxylation is 2. The molecule has 154 valence electrons. The van der Waals surface area contributed by atoms with E-state index in [2.05, 4.69) is 0 Å². The Bertz CT molecular complexity index is 873. The van der Waals surface area contributed by atoms with Gasteiger partial charge in [-0.2, -0.15) is 0 Å². The zero-order valence-corrected chi connectivity index (χ0v) is 17.3. The monoisotopic (exact) mass is 396 g/mol. The van der Waals surface area contributed by atoms with Gasteiger partial charge in [0, 0.05) is 26.2 Å². The number of methoxy groups -OCH3 is 1. The standard InChI is InChI=1S/C23H28N2O4/c1-17-7-8-18(2)21(13-17)29-16-23(27)25-11-9-24(10-12-25)22(26)15-19-5-4-6-20(14-19)28-3/h4-8,13-14H,9-12,15-16H2,1-3H3. The van der Waals surface area contributed by atoms with Crippen LogP contribution in [0.25, 0.3) is 0 Å². The molecule has 0 atom stereocenters. The van der Waals surface area contributed by atoms with Crippen molar-refractivity contribution in [1.82, 2.24) is 9.80 Å². The number of amides is 2. The lowest BCUT2D eigenvalue weighted by atomic mass is 10.1. The first kappa shape index (κ1) is 20.7. The number of hydrogen-bond donors (Lipinski definition) is 0. The van der Waals surface area contributed by atoms with Gasteiger partial charge in [-0.1, -0.05) is 24.3 Å². The van der Waals surface area contributed by atoms with Gasteiger partial charge in [-0.15, -0.1) is 0 Å². The van der Waals surface area contributed by atoms with Gasteiger partial charge in [-0.05, 0) is 48.7 Å². The lowest BCUT2D eigenvalue weighted by Crippen LogP contribution is -2.52. The highest BCUT2D eigenvalue weighted by molar-refractivity contribution is 5.80. The van der Waals surface area contributed by atoms with E-state index in [-0.39, 0.29) is 18.4 Å². The van der Waals surface area contributed by atoms with Gasteiger partial charge in [0.1, 0.15) is 11.5 Å². The number of benzene rings is 2. The number of carbonyl (C=O) groups excluding carboxylic acids is 2. The molecule has 29 heavy (non-hydrogen) atoms. The topological polar surface area (TPSA) is 59.1 Å². The van der Waals surface area contributed by atoms with Crippen LogP contribution in [0.4, 0.5) is 0 Å². The Hall–Kier alpha value is -3.02. The smallest absolute Gasteiger partial charge is 0.260 e. The summed E-state index contributed by atoms with van der Waals surface area (Å²) in [5.74, 6) is 1.50. The largest absolute Gasteiger partial charge is 0.497 e. The second-order valence-corrected chi connectivity index (χ2v) is 7.35. The lowest BCUT2D eigenvalue weighted by molar-refractivity contribution is -0.140. The van der Waals surface area contributed by atoms with Crippen molar-refractivity contribution in [3.63, 3.8) is 0 Å². The van der Waals surface area contributed by atoms with E-state index in [9.17, 15) is 9.59 Å². The fraction of sp³-hybridized carbons (Fsp3) is 0.391. The van der Waals surface area contributed by atoms with Crippen LogP contribution in [0.3, 0.4) is 0 Å². The molecule has 0 N–H and O–H groups in total. The quantitative estimate of drug-likeness (QED) is 0.753. The molecule has 0 bridgehead atoms. The number of piperazine rings is 1. The van der Waals surface area contributed by atoms with Crippen LogP contribution in [-0.4, -0.2) is 61.5 Å². The average Bonchev–Trinajstić information content (AvgIpc) is 2.74. The van der Waals surface area contributed by atoms with Crippen molar-refractivity contribution >= 4 is 11.8 Å². The molecule has 0 radical (unpaired) electrons. The van der Waals surface area contributed by atoms with E-state index in [0.29, 0.717) is 32.6 Å². The molecule has 1 aliphatic rings. The van der Waals surface area contributed by atoms with Crippen LogP contribution in [0.1, 0.15) is 16.7 Å². The van der Waals surface area contributed by atoms with Crippen LogP contribution in [0, 0.1) is 13.8 Å². The van der Waals surface area contributed by atoms with Crippen molar-refractivity contribution in [3.8, 4) is 11.5 Å². The Balaban J connectivity index is 1.47. The van der Waals surface area contributed by atoms with E-state index in [4.69, 9.17) is 9.47 Å². The van der Waals surface area contributed by atoms with Gasteiger partial charge in [0.2, 0.25) is 5.91 Å². The number of hydrogen-bond acceptors (Lipinski definition) is 4. The second kappa shape index (κ2) is 9.45. The van der Waals surface area contributed by atoms with Gasteiger partial charge in [-0.25, -0.2) is 0 Å². The van der Waals surface area contributed by atoms with Gasteiger partial charge in [0.15, 0.2) is 6.61 Å². The van der Waals surface area contributed by atoms with Crippen LogP contribution in [0.2, 0.25) is 0 Å². The summed E-state index contributed by atoms with van der Waals surface area (Å²) in [4.78, 5) is 28.6. The highest BCUT2D eigenvalue weighted by atomic mass is 16.5. The Labute approximate surface area is 172 Å². The molecule has 6 nitrogen and oxygen atoms in total. The fourth-order valence-electron chi connectivity index (χ4n) is 3.37. The molecule has 1 fully saturated rings. The first-order valence-corrected chi connectivity index (χ1v) is 9.85. The van der Waals surface area contributed by atoms with Crippen molar-refractivity contribution in [3.05, 3.63) is 59.2 Å². The Morgan fingerprint density at radius 1 is 0.931 bits per heavy atom. The minimum Gasteiger partial charge on any atom is -0.497 e. The zero-order chi connectivity index (χ0) is 20.8. The van der Waals surface area contributed by atoms with Crippen LogP contribution >= 0.6 is 0 Å². The molecule has 2 aromatic carbocycles.